The maximum atomic E-state index is 9.21. The summed E-state index contributed by atoms with van der Waals surface area (Å²) in [6.07, 6.45) is -3.62. The van der Waals surface area contributed by atoms with Gasteiger partial charge in [0.2, 0.25) is 0 Å². The summed E-state index contributed by atoms with van der Waals surface area (Å²) in [5, 5.41) is 48.9. The van der Waals surface area contributed by atoms with Crippen molar-refractivity contribution in [3.05, 3.63) is 0 Å². The first-order valence-electron chi connectivity index (χ1n) is 3.94. The Balaban J connectivity index is 0. The minimum atomic E-state index is -1.81. The molecule has 0 fully saturated rings. The second-order valence-electron chi connectivity index (χ2n) is 2.77. The minimum absolute atomic E-state index is 0.406. The number of hydrogen-bond donors (Lipinski definition) is 6. The first-order chi connectivity index (χ1) is 7.37. The maximum absolute atomic E-state index is 9.21. The van der Waals surface area contributed by atoms with E-state index in [-0.39, 0.29) is 0 Å². The summed E-state index contributed by atoms with van der Waals surface area (Å²) >= 11 is 0. The van der Waals surface area contributed by atoms with Gasteiger partial charge in [-0.3, -0.25) is 0 Å². The molecule has 0 rings (SSSR count). The molecule has 0 unspecified atom stereocenters. The van der Waals surface area contributed by atoms with Crippen molar-refractivity contribution in [3.63, 3.8) is 0 Å². The summed E-state index contributed by atoms with van der Waals surface area (Å²) < 4.78 is 3.08. The number of aliphatic hydroxyl groups is 4. The van der Waals surface area contributed by atoms with Crippen LogP contribution in [-0.2, 0) is 4.74 Å². The van der Waals surface area contributed by atoms with Gasteiger partial charge in [-0.1, -0.05) is 0 Å². The lowest BCUT2D eigenvalue weighted by Crippen LogP contribution is -2.37. The van der Waals surface area contributed by atoms with E-state index in [9.17, 15) is 9.59 Å². The summed E-state index contributed by atoms with van der Waals surface area (Å²) in [4.78, 5) is 18.4. The normalized spacial score (nSPS) is 10.0. The minimum Gasteiger partial charge on any atom is -0.449 e. The van der Waals surface area contributed by atoms with Crippen molar-refractivity contribution in [1.82, 2.24) is 0 Å². The molecule has 0 saturated carbocycles. The number of carboxylic acid groups (broad SMARTS) is 2. The Morgan fingerprint density at radius 3 is 1.06 bits per heavy atom. The van der Waals surface area contributed by atoms with Gasteiger partial charge in [0.15, 0.2) is 0 Å². The van der Waals surface area contributed by atoms with E-state index >= 15 is 0 Å². The standard InChI is InChI=1S/C5H12O4.C2H2O5/c6-1-5(2-7,3-8)4-9;3-1(4)7-2(5)6/h6-9H,1-4H2;(H,3,4)(H,5,6). The van der Waals surface area contributed by atoms with E-state index < -0.39 is 44.2 Å². The number of carbonyl (C=O) groups is 2. The highest BCUT2D eigenvalue weighted by Gasteiger charge is 2.26. The molecule has 0 heterocycles. The SMILES string of the molecule is O=C(O)OC(=O)O.OCC(CO)(CO)CO. The van der Waals surface area contributed by atoms with Crippen molar-refractivity contribution in [2.75, 3.05) is 26.4 Å². The predicted octanol–water partition coefficient (Wildman–Crippen LogP) is -1.70. The molecule has 6 N–H and O–H groups in total. The molecule has 0 aliphatic rings. The third-order valence-corrected chi connectivity index (χ3v) is 1.52. The van der Waals surface area contributed by atoms with Crippen LogP contribution in [0.5, 0.6) is 0 Å². The van der Waals surface area contributed by atoms with Crippen molar-refractivity contribution < 1.29 is 45.0 Å². The van der Waals surface area contributed by atoms with Crippen molar-refractivity contribution in [2.45, 2.75) is 0 Å². The molecule has 0 spiro atoms. The van der Waals surface area contributed by atoms with E-state index in [0.717, 1.165) is 0 Å². The van der Waals surface area contributed by atoms with E-state index in [1.165, 1.54) is 0 Å². The van der Waals surface area contributed by atoms with Crippen LogP contribution in [0.4, 0.5) is 9.59 Å². The molecule has 0 saturated heterocycles. The van der Waals surface area contributed by atoms with Gasteiger partial charge in [-0.2, -0.15) is 0 Å². The van der Waals surface area contributed by atoms with Gasteiger partial charge in [0.25, 0.3) is 0 Å². The number of ether oxygens (including phenoxy) is 1. The molecule has 0 aromatic carbocycles. The van der Waals surface area contributed by atoms with Crippen LogP contribution in [0.15, 0.2) is 0 Å². The highest BCUT2D eigenvalue weighted by Crippen LogP contribution is 2.11. The maximum Gasteiger partial charge on any atom is 0.516 e. The lowest BCUT2D eigenvalue weighted by molar-refractivity contribution is -0.0328. The summed E-state index contributed by atoms with van der Waals surface area (Å²) in [5.74, 6) is 0. The monoisotopic (exact) mass is 242 g/mol. The third-order valence-electron chi connectivity index (χ3n) is 1.52. The van der Waals surface area contributed by atoms with Gasteiger partial charge in [0, 0.05) is 0 Å². The summed E-state index contributed by atoms with van der Waals surface area (Å²) in [6.45, 7) is -1.62. The van der Waals surface area contributed by atoms with Gasteiger partial charge in [-0.25, -0.2) is 9.59 Å². The lowest BCUT2D eigenvalue weighted by atomic mass is 9.93. The van der Waals surface area contributed by atoms with Crippen molar-refractivity contribution in [1.29, 1.82) is 0 Å². The molecule has 9 heteroatoms. The number of rotatable bonds is 4. The van der Waals surface area contributed by atoms with Crippen molar-refractivity contribution in [3.8, 4) is 0 Å². The Labute approximate surface area is 90.1 Å². The Morgan fingerprint density at radius 1 is 0.812 bits per heavy atom. The van der Waals surface area contributed by atoms with Crippen LogP contribution in [-0.4, -0.2) is 69.4 Å². The van der Waals surface area contributed by atoms with Gasteiger partial charge < -0.3 is 35.4 Å². The second-order valence-corrected chi connectivity index (χ2v) is 2.77. The molecular weight excluding hydrogens is 228 g/mol. The Hall–Kier alpha value is -1.42. The highest BCUT2D eigenvalue weighted by molar-refractivity contribution is 5.74. The van der Waals surface area contributed by atoms with Crippen LogP contribution < -0.4 is 0 Å². The third kappa shape index (κ3) is 7.94. The molecule has 9 nitrogen and oxygen atoms in total. The van der Waals surface area contributed by atoms with E-state index in [1.54, 1.807) is 0 Å². The van der Waals surface area contributed by atoms with E-state index in [2.05, 4.69) is 4.74 Å². The molecular formula is C7H14O9. The van der Waals surface area contributed by atoms with Crippen LogP contribution in [0.3, 0.4) is 0 Å². The van der Waals surface area contributed by atoms with Gasteiger partial charge in [-0.05, 0) is 0 Å². The van der Waals surface area contributed by atoms with Gasteiger partial charge in [-0.15, -0.1) is 0 Å². The zero-order valence-corrected chi connectivity index (χ0v) is 8.24. The van der Waals surface area contributed by atoms with Gasteiger partial charge in [0.05, 0.1) is 31.8 Å². The summed E-state index contributed by atoms with van der Waals surface area (Å²) in [7, 11) is 0. The van der Waals surface area contributed by atoms with Crippen LogP contribution in [0, 0.1) is 5.41 Å². The number of hydrogen-bond acceptors (Lipinski definition) is 7. The van der Waals surface area contributed by atoms with Crippen LogP contribution in [0.1, 0.15) is 0 Å². The van der Waals surface area contributed by atoms with Crippen molar-refractivity contribution >= 4 is 12.3 Å². The molecule has 0 aromatic rings. The average molecular weight is 242 g/mol. The first kappa shape index (κ1) is 17.0. The molecule has 96 valence electrons. The molecule has 0 amide bonds. The molecule has 0 bridgehead atoms. The smallest absolute Gasteiger partial charge is 0.449 e. The van der Waals surface area contributed by atoms with Crippen LogP contribution in [0.2, 0.25) is 0 Å². The Kier molecular flexibility index (Phi) is 9.40. The fraction of sp³-hybridized carbons (Fsp3) is 0.714. The zero-order chi connectivity index (χ0) is 13.2. The fourth-order valence-corrected chi connectivity index (χ4v) is 0.375. The Morgan fingerprint density at radius 2 is 1.06 bits per heavy atom. The molecule has 16 heavy (non-hydrogen) atoms. The average Bonchev–Trinajstić information content (AvgIpc) is 2.21. The first-order valence-corrected chi connectivity index (χ1v) is 3.94. The zero-order valence-electron chi connectivity index (χ0n) is 8.24. The highest BCUT2D eigenvalue weighted by atomic mass is 16.7. The van der Waals surface area contributed by atoms with Crippen LogP contribution >= 0.6 is 0 Å². The van der Waals surface area contributed by atoms with Crippen molar-refractivity contribution in [2.24, 2.45) is 5.41 Å². The fourth-order valence-electron chi connectivity index (χ4n) is 0.375. The van der Waals surface area contributed by atoms with E-state index in [4.69, 9.17) is 30.6 Å². The molecule has 0 aliphatic carbocycles. The molecule has 0 aromatic heterocycles. The quantitative estimate of drug-likeness (QED) is 0.249. The predicted molar refractivity (Wildman–Crippen MR) is 47.9 cm³/mol. The topological polar surface area (TPSA) is 165 Å². The summed E-state index contributed by atoms with van der Waals surface area (Å²) in [5.41, 5.74) is -1.11. The molecule has 0 aliphatic heterocycles. The number of aliphatic hydroxyl groups excluding tert-OH is 4. The molecule has 0 radical (unpaired) electrons. The molecule has 0 atom stereocenters. The van der Waals surface area contributed by atoms with Gasteiger partial charge in [0.1, 0.15) is 0 Å². The van der Waals surface area contributed by atoms with E-state index in [0.29, 0.717) is 0 Å². The van der Waals surface area contributed by atoms with Crippen LogP contribution in [0.25, 0.3) is 0 Å². The summed E-state index contributed by atoms with van der Waals surface area (Å²) in [6, 6.07) is 0. The van der Waals surface area contributed by atoms with Gasteiger partial charge >= 0.3 is 12.3 Å². The van der Waals surface area contributed by atoms with E-state index in [1.807, 2.05) is 0 Å². The second kappa shape index (κ2) is 8.85. The largest absolute Gasteiger partial charge is 0.516 e. The Bertz CT molecular complexity index is 180. The lowest BCUT2D eigenvalue weighted by Gasteiger charge is -2.23.